The molecule has 0 aromatic rings. The maximum atomic E-state index is 12.1. The third kappa shape index (κ3) is 2.80. The zero-order valence-corrected chi connectivity index (χ0v) is 10.9. The van der Waals surface area contributed by atoms with E-state index in [1.165, 1.54) is 0 Å². The third-order valence-electron chi connectivity index (χ3n) is 2.98. The Labute approximate surface area is 102 Å². The molecule has 0 aliphatic carbocycles. The van der Waals surface area contributed by atoms with E-state index in [2.05, 4.69) is 18.8 Å². The van der Waals surface area contributed by atoms with Crippen LogP contribution >= 0.6 is 11.8 Å². The molecule has 1 aliphatic heterocycles. The first-order valence-electron chi connectivity index (χ1n) is 5.82. The van der Waals surface area contributed by atoms with Crippen LogP contribution < -0.4 is 5.32 Å². The first-order chi connectivity index (χ1) is 7.67. The molecule has 3 nitrogen and oxygen atoms in total. The zero-order chi connectivity index (χ0) is 12.0. The molecule has 1 N–H and O–H groups in total. The van der Waals surface area contributed by atoms with Crippen molar-refractivity contribution in [1.82, 2.24) is 5.32 Å². The Hall–Kier alpha value is -0.480. The Morgan fingerprint density at radius 2 is 2.50 bits per heavy atom. The van der Waals surface area contributed by atoms with E-state index >= 15 is 0 Å². The van der Waals surface area contributed by atoms with Crippen LogP contribution in [0.2, 0.25) is 0 Å². The molecule has 0 amide bonds. The van der Waals surface area contributed by atoms with Gasteiger partial charge >= 0.3 is 5.97 Å². The van der Waals surface area contributed by atoms with Gasteiger partial charge in [-0.3, -0.25) is 10.1 Å². The lowest BCUT2D eigenvalue weighted by molar-refractivity contribution is -0.151. The van der Waals surface area contributed by atoms with Gasteiger partial charge in [-0.1, -0.05) is 13.0 Å². The summed E-state index contributed by atoms with van der Waals surface area (Å²) in [6.45, 7) is 8.71. The average molecular weight is 243 g/mol. The summed E-state index contributed by atoms with van der Waals surface area (Å²) in [5.74, 6) is 1.01. The molecule has 0 aromatic heterocycles. The summed E-state index contributed by atoms with van der Waals surface area (Å²) in [6.07, 6.45) is 3.69. The van der Waals surface area contributed by atoms with Gasteiger partial charge in [-0.15, -0.1) is 6.58 Å². The summed E-state index contributed by atoms with van der Waals surface area (Å²) in [5.41, 5.74) is -0.521. The van der Waals surface area contributed by atoms with Crippen molar-refractivity contribution < 1.29 is 9.53 Å². The molecule has 0 bridgehead atoms. The minimum Gasteiger partial charge on any atom is -0.465 e. The molecular formula is C12H21NO2S. The Morgan fingerprint density at radius 1 is 1.75 bits per heavy atom. The first-order valence-corrected chi connectivity index (χ1v) is 6.87. The molecule has 1 rings (SSSR count). The van der Waals surface area contributed by atoms with Crippen molar-refractivity contribution in [1.29, 1.82) is 0 Å². The standard InChI is InChI=1S/C12H21NO2S/c1-4-8-13-12(11(14)15-5-2)7-6-9-16-10(12)3/h4,10,13H,1,5-9H2,2-3H3. The highest BCUT2D eigenvalue weighted by atomic mass is 32.2. The van der Waals surface area contributed by atoms with E-state index in [-0.39, 0.29) is 11.2 Å². The largest absolute Gasteiger partial charge is 0.465 e. The molecule has 1 saturated heterocycles. The summed E-state index contributed by atoms with van der Waals surface area (Å²) >= 11 is 1.83. The van der Waals surface area contributed by atoms with Crippen LogP contribution in [0.1, 0.15) is 26.7 Å². The van der Waals surface area contributed by atoms with Crippen molar-refractivity contribution >= 4 is 17.7 Å². The van der Waals surface area contributed by atoms with Crippen molar-refractivity contribution in [2.45, 2.75) is 37.5 Å². The van der Waals surface area contributed by atoms with Crippen molar-refractivity contribution in [3.8, 4) is 0 Å². The molecule has 1 heterocycles. The van der Waals surface area contributed by atoms with E-state index in [4.69, 9.17) is 4.74 Å². The maximum Gasteiger partial charge on any atom is 0.327 e. The number of carbonyl (C=O) groups is 1. The maximum absolute atomic E-state index is 12.1. The van der Waals surface area contributed by atoms with Crippen molar-refractivity contribution in [2.75, 3.05) is 18.9 Å². The molecule has 16 heavy (non-hydrogen) atoms. The topological polar surface area (TPSA) is 38.3 Å². The molecule has 0 radical (unpaired) electrons. The molecular weight excluding hydrogens is 222 g/mol. The molecule has 2 unspecified atom stereocenters. The Kier molecular flexibility index (Phi) is 5.35. The second kappa shape index (κ2) is 6.30. The smallest absolute Gasteiger partial charge is 0.327 e. The van der Waals surface area contributed by atoms with Crippen molar-refractivity contribution in [3.63, 3.8) is 0 Å². The number of hydrogen-bond acceptors (Lipinski definition) is 4. The van der Waals surface area contributed by atoms with Gasteiger partial charge in [-0.05, 0) is 25.5 Å². The van der Waals surface area contributed by atoms with E-state index in [1.807, 2.05) is 18.7 Å². The molecule has 0 aromatic carbocycles. The highest BCUT2D eigenvalue weighted by molar-refractivity contribution is 8.00. The Balaban J connectivity index is 2.80. The lowest BCUT2D eigenvalue weighted by Gasteiger charge is -2.40. The number of carbonyl (C=O) groups excluding carboxylic acids is 1. The van der Waals surface area contributed by atoms with Gasteiger partial charge in [0.2, 0.25) is 0 Å². The second-order valence-electron chi connectivity index (χ2n) is 3.98. The van der Waals surface area contributed by atoms with Gasteiger partial charge < -0.3 is 4.74 Å². The fourth-order valence-electron chi connectivity index (χ4n) is 2.04. The Morgan fingerprint density at radius 3 is 3.06 bits per heavy atom. The minimum atomic E-state index is -0.521. The molecule has 92 valence electrons. The zero-order valence-electron chi connectivity index (χ0n) is 10.1. The summed E-state index contributed by atoms with van der Waals surface area (Å²) in [6, 6.07) is 0. The van der Waals surface area contributed by atoms with Crippen LogP contribution in [0.4, 0.5) is 0 Å². The van der Waals surface area contributed by atoms with E-state index < -0.39 is 5.54 Å². The molecule has 0 saturated carbocycles. The highest BCUT2D eigenvalue weighted by Gasteiger charge is 2.46. The van der Waals surface area contributed by atoms with E-state index in [9.17, 15) is 4.79 Å². The number of nitrogens with one attached hydrogen (secondary N) is 1. The Bertz CT molecular complexity index is 257. The summed E-state index contributed by atoms with van der Waals surface area (Å²) in [7, 11) is 0. The summed E-state index contributed by atoms with van der Waals surface area (Å²) < 4.78 is 5.20. The van der Waals surface area contributed by atoms with E-state index in [1.54, 1.807) is 6.08 Å². The number of hydrogen-bond donors (Lipinski definition) is 1. The van der Waals surface area contributed by atoms with Gasteiger partial charge in [0.1, 0.15) is 5.54 Å². The van der Waals surface area contributed by atoms with Crippen LogP contribution in [0.3, 0.4) is 0 Å². The SMILES string of the molecule is C=CCNC1(C(=O)OCC)CCCSC1C. The van der Waals surface area contributed by atoms with Crippen LogP contribution in [-0.2, 0) is 9.53 Å². The minimum absolute atomic E-state index is 0.114. The molecule has 4 heteroatoms. The van der Waals surface area contributed by atoms with Gasteiger partial charge in [0.15, 0.2) is 0 Å². The van der Waals surface area contributed by atoms with Gasteiger partial charge in [-0.25, -0.2) is 0 Å². The monoisotopic (exact) mass is 243 g/mol. The predicted octanol–water partition coefficient (Wildman–Crippen LogP) is 1.98. The van der Waals surface area contributed by atoms with E-state index in [0.29, 0.717) is 13.2 Å². The quantitative estimate of drug-likeness (QED) is 0.592. The third-order valence-corrected chi connectivity index (χ3v) is 4.41. The van der Waals surface area contributed by atoms with Crippen LogP contribution in [0, 0.1) is 0 Å². The fourth-order valence-corrected chi connectivity index (χ4v) is 3.29. The van der Waals surface area contributed by atoms with Crippen molar-refractivity contribution in [3.05, 3.63) is 12.7 Å². The highest BCUT2D eigenvalue weighted by Crippen LogP contribution is 2.35. The number of thioether (sulfide) groups is 1. The summed E-state index contributed by atoms with van der Waals surface area (Å²) in [4.78, 5) is 12.1. The predicted molar refractivity (Wildman–Crippen MR) is 68.7 cm³/mol. The van der Waals surface area contributed by atoms with Gasteiger partial charge in [0, 0.05) is 11.8 Å². The van der Waals surface area contributed by atoms with Crippen LogP contribution in [-0.4, -0.2) is 35.7 Å². The molecule has 1 aliphatic rings. The number of esters is 1. The molecule has 0 spiro atoms. The summed E-state index contributed by atoms with van der Waals surface area (Å²) in [5, 5.41) is 3.56. The normalized spacial score (nSPS) is 29.8. The van der Waals surface area contributed by atoms with Crippen molar-refractivity contribution in [2.24, 2.45) is 0 Å². The van der Waals surface area contributed by atoms with E-state index in [0.717, 1.165) is 18.6 Å². The second-order valence-corrected chi connectivity index (χ2v) is 5.43. The number of rotatable bonds is 5. The van der Waals surface area contributed by atoms with Gasteiger partial charge in [0.25, 0.3) is 0 Å². The van der Waals surface area contributed by atoms with Crippen LogP contribution in [0.5, 0.6) is 0 Å². The first kappa shape index (κ1) is 13.6. The number of ether oxygens (including phenoxy) is 1. The average Bonchev–Trinajstić information content (AvgIpc) is 2.28. The van der Waals surface area contributed by atoms with Crippen LogP contribution in [0.25, 0.3) is 0 Å². The van der Waals surface area contributed by atoms with Crippen LogP contribution in [0.15, 0.2) is 12.7 Å². The molecule has 1 fully saturated rings. The van der Waals surface area contributed by atoms with Gasteiger partial charge in [0.05, 0.1) is 6.61 Å². The lowest BCUT2D eigenvalue weighted by Crippen LogP contribution is -2.60. The van der Waals surface area contributed by atoms with Gasteiger partial charge in [-0.2, -0.15) is 11.8 Å². The fraction of sp³-hybridized carbons (Fsp3) is 0.750. The molecule has 2 atom stereocenters. The lowest BCUT2D eigenvalue weighted by atomic mass is 9.89.